The highest BCUT2D eigenvalue weighted by molar-refractivity contribution is 5.96. The summed E-state index contributed by atoms with van der Waals surface area (Å²) in [5.41, 5.74) is 4.31. The van der Waals surface area contributed by atoms with Crippen LogP contribution in [-0.4, -0.2) is 36.1 Å². The molecule has 2 aromatic carbocycles. The van der Waals surface area contributed by atoms with Gasteiger partial charge in [-0.3, -0.25) is 4.79 Å². The monoisotopic (exact) mass is 376 g/mol. The molecule has 28 heavy (non-hydrogen) atoms. The van der Waals surface area contributed by atoms with Crippen molar-refractivity contribution in [3.05, 3.63) is 65.9 Å². The molecule has 144 valence electrons. The Morgan fingerprint density at radius 3 is 2.79 bits per heavy atom. The van der Waals surface area contributed by atoms with Crippen molar-refractivity contribution in [3.8, 4) is 0 Å². The first-order valence-electron chi connectivity index (χ1n) is 9.56. The summed E-state index contributed by atoms with van der Waals surface area (Å²) in [7, 11) is 0. The molecule has 1 atom stereocenters. The summed E-state index contributed by atoms with van der Waals surface area (Å²) in [5.74, 6) is 0.0351. The Bertz CT molecular complexity index is 993. The zero-order chi connectivity index (χ0) is 19.5. The molecule has 0 spiro atoms. The number of hydrogen-bond donors (Lipinski definition) is 3. The average Bonchev–Trinajstić information content (AvgIpc) is 3.26. The van der Waals surface area contributed by atoms with Crippen LogP contribution in [0.15, 0.2) is 54.7 Å². The van der Waals surface area contributed by atoms with Crippen LogP contribution in [0.5, 0.6) is 0 Å². The highest BCUT2D eigenvalue weighted by Crippen LogP contribution is 2.22. The molecule has 0 aliphatic carbocycles. The number of urea groups is 1. The smallest absolute Gasteiger partial charge is 0.315 e. The zero-order valence-electron chi connectivity index (χ0n) is 15.9. The van der Waals surface area contributed by atoms with E-state index in [-0.39, 0.29) is 18.0 Å². The second kappa shape index (κ2) is 7.76. The lowest BCUT2D eigenvalue weighted by Gasteiger charge is -2.17. The third kappa shape index (κ3) is 3.86. The van der Waals surface area contributed by atoms with Crippen molar-refractivity contribution in [2.24, 2.45) is 0 Å². The second-order valence-electron chi connectivity index (χ2n) is 7.25. The predicted molar refractivity (Wildman–Crippen MR) is 110 cm³/mol. The van der Waals surface area contributed by atoms with Gasteiger partial charge in [0.05, 0.1) is 6.04 Å². The van der Waals surface area contributed by atoms with E-state index in [2.05, 4.69) is 21.7 Å². The van der Waals surface area contributed by atoms with Crippen LogP contribution in [0.25, 0.3) is 10.9 Å². The van der Waals surface area contributed by atoms with Gasteiger partial charge in [-0.25, -0.2) is 4.79 Å². The Kier molecular flexibility index (Phi) is 5.02. The SMILES string of the molecule is Cc1ccc(N2CC(NC(=O)NCCc3c[nH]c4ccccc34)CC2=O)cc1. The number of rotatable bonds is 5. The van der Waals surface area contributed by atoms with E-state index < -0.39 is 0 Å². The third-order valence-electron chi connectivity index (χ3n) is 5.16. The highest BCUT2D eigenvalue weighted by Gasteiger charge is 2.31. The van der Waals surface area contributed by atoms with Crippen molar-refractivity contribution < 1.29 is 9.59 Å². The molecule has 1 aliphatic heterocycles. The number of benzene rings is 2. The van der Waals surface area contributed by atoms with Crippen LogP contribution in [0.3, 0.4) is 0 Å². The molecule has 0 radical (unpaired) electrons. The van der Waals surface area contributed by atoms with E-state index in [9.17, 15) is 9.59 Å². The minimum atomic E-state index is -0.233. The molecule has 1 aliphatic rings. The van der Waals surface area contributed by atoms with Crippen LogP contribution in [0.1, 0.15) is 17.5 Å². The van der Waals surface area contributed by atoms with Gasteiger partial charge in [0.15, 0.2) is 0 Å². The van der Waals surface area contributed by atoms with Crippen LogP contribution < -0.4 is 15.5 Å². The zero-order valence-corrected chi connectivity index (χ0v) is 15.9. The lowest BCUT2D eigenvalue weighted by Crippen LogP contribution is -2.43. The van der Waals surface area contributed by atoms with Gasteiger partial charge in [-0.2, -0.15) is 0 Å². The molecule has 1 aromatic heterocycles. The molecule has 3 aromatic rings. The summed E-state index contributed by atoms with van der Waals surface area (Å²) in [6, 6.07) is 15.6. The molecule has 2 heterocycles. The normalized spacial score (nSPS) is 16.5. The first kappa shape index (κ1) is 18.1. The molecule has 4 rings (SSSR count). The van der Waals surface area contributed by atoms with Gasteiger partial charge < -0.3 is 20.5 Å². The first-order valence-corrected chi connectivity index (χ1v) is 9.56. The molecular formula is C22H24N4O2. The summed E-state index contributed by atoms with van der Waals surface area (Å²) in [6.45, 7) is 3.05. The number of anilines is 1. The highest BCUT2D eigenvalue weighted by atomic mass is 16.2. The molecule has 6 nitrogen and oxygen atoms in total. The van der Waals surface area contributed by atoms with E-state index in [1.807, 2.05) is 55.6 Å². The Balaban J connectivity index is 1.27. The number of para-hydroxylation sites is 1. The van der Waals surface area contributed by atoms with Crippen LogP contribution in [0.2, 0.25) is 0 Å². The number of aromatic nitrogens is 1. The number of carbonyl (C=O) groups excluding carboxylic acids is 2. The van der Waals surface area contributed by atoms with Gasteiger partial charge in [-0.05, 0) is 37.1 Å². The second-order valence-corrected chi connectivity index (χ2v) is 7.25. The van der Waals surface area contributed by atoms with Crippen molar-refractivity contribution in [1.82, 2.24) is 15.6 Å². The summed E-state index contributed by atoms with van der Waals surface area (Å²) in [4.78, 5) is 29.5. The molecule has 1 saturated heterocycles. The average molecular weight is 376 g/mol. The van der Waals surface area contributed by atoms with E-state index in [1.165, 1.54) is 10.9 Å². The van der Waals surface area contributed by atoms with Gasteiger partial charge >= 0.3 is 6.03 Å². The first-order chi connectivity index (χ1) is 13.6. The summed E-state index contributed by atoms with van der Waals surface area (Å²) < 4.78 is 0. The minimum Gasteiger partial charge on any atom is -0.361 e. The van der Waals surface area contributed by atoms with E-state index in [1.54, 1.807) is 4.90 Å². The molecule has 6 heteroatoms. The Labute approximate surface area is 163 Å². The summed E-state index contributed by atoms with van der Waals surface area (Å²) >= 11 is 0. The van der Waals surface area contributed by atoms with Crippen molar-refractivity contribution in [1.29, 1.82) is 0 Å². The van der Waals surface area contributed by atoms with Crippen LogP contribution in [0.4, 0.5) is 10.5 Å². The lowest BCUT2D eigenvalue weighted by atomic mass is 10.1. The predicted octanol–water partition coefficient (Wildman–Crippen LogP) is 3.12. The Hall–Kier alpha value is -3.28. The summed E-state index contributed by atoms with van der Waals surface area (Å²) in [5, 5.41) is 6.99. The van der Waals surface area contributed by atoms with Crippen molar-refractivity contribution in [3.63, 3.8) is 0 Å². The molecule has 0 bridgehead atoms. The van der Waals surface area contributed by atoms with Gasteiger partial charge in [-0.15, -0.1) is 0 Å². The van der Waals surface area contributed by atoms with E-state index in [4.69, 9.17) is 0 Å². The maximum absolute atomic E-state index is 12.3. The van der Waals surface area contributed by atoms with E-state index in [0.717, 1.165) is 23.2 Å². The molecular weight excluding hydrogens is 352 g/mol. The number of nitrogens with zero attached hydrogens (tertiary/aromatic N) is 1. The van der Waals surface area contributed by atoms with Gasteiger partial charge in [0.25, 0.3) is 0 Å². The van der Waals surface area contributed by atoms with Gasteiger partial charge in [0, 0.05) is 42.3 Å². The van der Waals surface area contributed by atoms with E-state index >= 15 is 0 Å². The maximum atomic E-state index is 12.3. The van der Waals surface area contributed by atoms with Crippen LogP contribution in [-0.2, 0) is 11.2 Å². The van der Waals surface area contributed by atoms with Crippen molar-refractivity contribution in [2.45, 2.75) is 25.8 Å². The molecule has 1 fully saturated rings. The van der Waals surface area contributed by atoms with Crippen molar-refractivity contribution >= 4 is 28.5 Å². The summed E-state index contributed by atoms with van der Waals surface area (Å²) in [6.07, 6.45) is 3.06. The van der Waals surface area contributed by atoms with Gasteiger partial charge in [-0.1, -0.05) is 35.9 Å². The largest absolute Gasteiger partial charge is 0.361 e. The van der Waals surface area contributed by atoms with Crippen LogP contribution >= 0.6 is 0 Å². The number of nitrogens with one attached hydrogen (secondary N) is 3. The maximum Gasteiger partial charge on any atom is 0.315 e. The van der Waals surface area contributed by atoms with Gasteiger partial charge in [0.2, 0.25) is 5.91 Å². The van der Waals surface area contributed by atoms with E-state index in [0.29, 0.717) is 19.5 Å². The molecule has 1 unspecified atom stereocenters. The molecule has 3 amide bonds. The Morgan fingerprint density at radius 2 is 1.96 bits per heavy atom. The standard InChI is InChI=1S/C22H24N4O2/c1-15-6-8-18(9-7-15)26-14-17(12-21(26)27)25-22(28)23-11-10-16-13-24-20-5-3-2-4-19(16)20/h2-9,13,17,24H,10-12,14H2,1H3,(H2,23,25,28). The number of aryl methyl sites for hydroxylation is 1. The lowest BCUT2D eigenvalue weighted by molar-refractivity contribution is -0.117. The topological polar surface area (TPSA) is 77.2 Å². The Morgan fingerprint density at radius 1 is 1.18 bits per heavy atom. The molecule has 3 N–H and O–H groups in total. The number of amides is 3. The fourth-order valence-electron chi connectivity index (χ4n) is 3.66. The number of fused-ring (bicyclic) bond motifs is 1. The minimum absolute atomic E-state index is 0.0351. The van der Waals surface area contributed by atoms with Crippen molar-refractivity contribution in [2.75, 3.05) is 18.0 Å². The number of aromatic amines is 1. The number of hydrogen-bond acceptors (Lipinski definition) is 2. The quantitative estimate of drug-likeness (QED) is 0.640. The third-order valence-corrected chi connectivity index (χ3v) is 5.16. The fraction of sp³-hybridized carbons (Fsp3) is 0.273. The van der Waals surface area contributed by atoms with Crippen LogP contribution in [0, 0.1) is 6.92 Å². The fourth-order valence-corrected chi connectivity index (χ4v) is 3.66. The number of H-pyrrole nitrogens is 1. The number of carbonyl (C=O) groups is 2. The molecule has 0 saturated carbocycles. The van der Waals surface area contributed by atoms with Gasteiger partial charge in [0.1, 0.15) is 0 Å².